The van der Waals surface area contributed by atoms with Crippen LogP contribution < -0.4 is 0 Å². The van der Waals surface area contributed by atoms with Crippen LogP contribution in [0.15, 0.2) is 12.7 Å². The molecule has 0 aromatic heterocycles. The third-order valence-electron chi connectivity index (χ3n) is 4.56. The van der Waals surface area contributed by atoms with Gasteiger partial charge in [0, 0.05) is 0 Å². The summed E-state index contributed by atoms with van der Waals surface area (Å²) < 4.78 is 31.8. The third kappa shape index (κ3) is 25.2. The molecule has 0 aliphatic carbocycles. The van der Waals surface area contributed by atoms with Crippen LogP contribution in [0.1, 0.15) is 110 Å². The minimum atomic E-state index is -3.84. The molecule has 0 saturated carbocycles. The number of hydrogen-bond acceptors (Lipinski definition) is 4. The van der Waals surface area contributed by atoms with E-state index >= 15 is 0 Å². The van der Waals surface area contributed by atoms with Crippen molar-refractivity contribution in [2.75, 3.05) is 13.2 Å². The monoisotopic (exact) mass is 430 g/mol. The van der Waals surface area contributed by atoms with Crippen molar-refractivity contribution in [1.82, 2.24) is 0 Å². The average Bonchev–Trinajstić information content (AvgIpc) is 2.62. The maximum absolute atomic E-state index is 11.3. The van der Waals surface area contributed by atoms with Gasteiger partial charge >= 0.3 is 61.8 Å². The summed E-state index contributed by atoms with van der Waals surface area (Å²) in [5.41, 5.74) is 0. The van der Waals surface area contributed by atoms with Crippen LogP contribution in [0.2, 0.25) is 0 Å². The van der Waals surface area contributed by atoms with E-state index in [4.69, 9.17) is 4.18 Å². The standard InChI is InChI=1S/C21H42O4S.K.H/c1-3-5-6-7-8-9-10-11-12-13-14-15-16-17-18-19-21-25-26(22,23)24-20-4-2;;/h4H,2-3,5-21H2,1H3;;. The van der Waals surface area contributed by atoms with Gasteiger partial charge in [0.05, 0.1) is 13.2 Å². The van der Waals surface area contributed by atoms with Crippen LogP contribution in [0, 0.1) is 0 Å². The van der Waals surface area contributed by atoms with E-state index in [-0.39, 0.29) is 64.6 Å². The quantitative estimate of drug-likeness (QED) is 0.126. The van der Waals surface area contributed by atoms with Crippen LogP contribution in [-0.2, 0) is 18.8 Å². The van der Waals surface area contributed by atoms with Crippen LogP contribution in [0.3, 0.4) is 0 Å². The summed E-state index contributed by atoms with van der Waals surface area (Å²) in [5.74, 6) is 0. The van der Waals surface area contributed by atoms with E-state index < -0.39 is 10.4 Å². The Morgan fingerprint density at radius 1 is 0.667 bits per heavy atom. The molecule has 0 N–H and O–H groups in total. The molecule has 0 bridgehead atoms. The Bertz CT molecular complexity index is 399. The predicted molar refractivity (Wildman–Crippen MR) is 118 cm³/mol. The van der Waals surface area contributed by atoms with Crippen LogP contribution >= 0.6 is 0 Å². The van der Waals surface area contributed by atoms with Crippen molar-refractivity contribution >= 4 is 61.8 Å². The summed E-state index contributed by atoms with van der Waals surface area (Å²) in [5, 5.41) is 0. The Morgan fingerprint density at radius 2 is 1.04 bits per heavy atom. The van der Waals surface area contributed by atoms with Crippen molar-refractivity contribution in [2.45, 2.75) is 110 Å². The Hall–Kier alpha value is 1.25. The van der Waals surface area contributed by atoms with Gasteiger partial charge in [0.25, 0.3) is 0 Å². The molecule has 0 fully saturated rings. The molecule has 0 aromatic carbocycles. The molecule has 0 radical (unpaired) electrons. The molecule has 0 rings (SSSR count). The Balaban J connectivity index is 0. The Labute approximate surface area is 212 Å². The fourth-order valence-corrected chi connectivity index (χ4v) is 3.63. The molecule has 4 nitrogen and oxygen atoms in total. The fraction of sp³-hybridized carbons (Fsp3) is 0.905. The normalized spacial score (nSPS) is 11.3. The molecule has 0 aromatic rings. The van der Waals surface area contributed by atoms with Crippen LogP contribution in [-0.4, -0.2) is 73.0 Å². The zero-order valence-corrected chi connectivity index (χ0v) is 17.9. The van der Waals surface area contributed by atoms with Crippen molar-refractivity contribution in [3.63, 3.8) is 0 Å². The zero-order chi connectivity index (χ0) is 19.3. The first-order chi connectivity index (χ1) is 12.6. The van der Waals surface area contributed by atoms with Crippen molar-refractivity contribution < 1.29 is 16.8 Å². The summed E-state index contributed by atoms with van der Waals surface area (Å²) in [6.45, 7) is 5.83. The molecule has 6 heteroatoms. The predicted octanol–water partition coefficient (Wildman–Crippen LogP) is 6.06. The second kappa shape index (κ2) is 23.5. The summed E-state index contributed by atoms with van der Waals surface area (Å²) in [6, 6.07) is 0. The second-order valence-corrected chi connectivity index (χ2v) is 8.39. The van der Waals surface area contributed by atoms with Crippen molar-refractivity contribution in [2.24, 2.45) is 0 Å². The van der Waals surface area contributed by atoms with E-state index in [1.807, 2.05) is 0 Å². The van der Waals surface area contributed by atoms with Gasteiger partial charge in [-0.1, -0.05) is 109 Å². The van der Waals surface area contributed by atoms with Crippen LogP contribution in [0.4, 0.5) is 0 Å². The first-order valence-electron chi connectivity index (χ1n) is 10.8. The Kier molecular flexibility index (Phi) is 26.5. The van der Waals surface area contributed by atoms with Gasteiger partial charge in [0.1, 0.15) is 0 Å². The van der Waals surface area contributed by atoms with E-state index in [0.29, 0.717) is 0 Å². The van der Waals surface area contributed by atoms with E-state index in [2.05, 4.69) is 17.7 Å². The first kappa shape index (κ1) is 30.4. The average molecular weight is 431 g/mol. The van der Waals surface area contributed by atoms with Crippen molar-refractivity contribution in [3.05, 3.63) is 12.7 Å². The van der Waals surface area contributed by atoms with E-state index in [1.54, 1.807) is 0 Å². The molecule has 0 spiro atoms. The molecule has 0 amide bonds. The van der Waals surface area contributed by atoms with Crippen LogP contribution in [0.25, 0.3) is 0 Å². The van der Waals surface area contributed by atoms with Gasteiger partial charge < -0.3 is 0 Å². The topological polar surface area (TPSA) is 52.6 Å². The number of hydrogen-bond donors (Lipinski definition) is 0. The van der Waals surface area contributed by atoms with Gasteiger partial charge in [-0.3, -0.25) is 0 Å². The molecule has 0 heterocycles. The van der Waals surface area contributed by atoms with Gasteiger partial charge in [0.2, 0.25) is 0 Å². The zero-order valence-electron chi connectivity index (χ0n) is 17.1. The molecule has 0 atom stereocenters. The summed E-state index contributed by atoms with van der Waals surface area (Å²) in [7, 11) is -3.84. The SMILES string of the molecule is C=CCOS(=O)(=O)OCCCCCCCCCCCCCCCCCC.[KH]. The van der Waals surface area contributed by atoms with E-state index in [1.165, 1.54) is 89.5 Å². The molecular formula is C21H43KO4S. The second-order valence-electron chi connectivity index (χ2n) is 7.11. The Morgan fingerprint density at radius 3 is 1.41 bits per heavy atom. The minimum absolute atomic E-state index is 0. The van der Waals surface area contributed by atoms with Crippen LogP contribution in [0.5, 0.6) is 0 Å². The summed E-state index contributed by atoms with van der Waals surface area (Å²) >= 11 is 0. The summed E-state index contributed by atoms with van der Waals surface area (Å²) in [4.78, 5) is 0. The molecule has 158 valence electrons. The maximum atomic E-state index is 11.3. The van der Waals surface area contributed by atoms with Crippen molar-refractivity contribution in [3.8, 4) is 0 Å². The van der Waals surface area contributed by atoms with Gasteiger partial charge in [-0.25, -0.2) is 8.37 Å². The van der Waals surface area contributed by atoms with Gasteiger partial charge in [-0.05, 0) is 6.42 Å². The molecule has 27 heavy (non-hydrogen) atoms. The molecule has 0 aliphatic rings. The van der Waals surface area contributed by atoms with E-state index in [0.717, 1.165) is 19.3 Å². The molecule has 0 aliphatic heterocycles. The number of unbranched alkanes of at least 4 members (excludes halogenated alkanes) is 15. The molecular weight excluding hydrogens is 387 g/mol. The van der Waals surface area contributed by atoms with Gasteiger partial charge in [-0.2, -0.15) is 8.42 Å². The number of rotatable bonds is 21. The third-order valence-corrected chi connectivity index (χ3v) is 5.44. The van der Waals surface area contributed by atoms with Gasteiger partial charge in [-0.15, -0.1) is 6.58 Å². The van der Waals surface area contributed by atoms with E-state index in [9.17, 15) is 8.42 Å². The fourth-order valence-electron chi connectivity index (χ4n) is 2.98. The van der Waals surface area contributed by atoms with Gasteiger partial charge in [0.15, 0.2) is 0 Å². The molecule has 0 saturated heterocycles. The molecule has 0 unspecified atom stereocenters. The first-order valence-corrected chi connectivity index (χ1v) is 12.1. The summed E-state index contributed by atoms with van der Waals surface area (Å²) in [6.07, 6.45) is 22.1. The van der Waals surface area contributed by atoms with Crippen molar-refractivity contribution in [1.29, 1.82) is 0 Å².